The molecule has 0 bridgehead atoms. The first-order valence-electron chi connectivity index (χ1n) is 8.64. The zero-order chi connectivity index (χ0) is 20.7. The highest BCUT2D eigenvalue weighted by atomic mass is 35.5. The number of halogens is 2. The molecule has 0 aliphatic heterocycles. The van der Waals surface area contributed by atoms with Gasteiger partial charge in [0.05, 0.1) is 23.5 Å². The molecule has 0 radical (unpaired) electrons. The zero-order valence-electron chi connectivity index (χ0n) is 15.6. The summed E-state index contributed by atoms with van der Waals surface area (Å²) in [7, 11) is -3.76. The minimum Gasteiger partial charge on any atom is -0.490 e. The molecule has 6 nitrogen and oxygen atoms in total. The molecule has 2 aromatic rings. The Kier molecular flexibility index (Phi) is 7.65. The molecule has 0 heterocycles. The van der Waals surface area contributed by atoms with Crippen LogP contribution in [0.1, 0.15) is 13.3 Å². The molecule has 0 aliphatic carbocycles. The van der Waals surface area contributed by atoms with E-state index in [2.05, 4.69) is 5.32 Å². The highest BCUT2D eigenvalue weighted by molar-refractivity contribution is 7.92. The van der Waals surface area contributed by atoms with Crippen molar-refractivity contribution >= 4 is 33.2 Å². The largest absolute Gasteiger partial charge is 0.490 e. The van der Waals surface area contributed by atoms with Crippen molar-refractivity contribution in [3.63, 3.8) is 0 Å². The first-order valence-corrected chi connectivity index (χ1v) is 10.9. The van der Waals surface area contributed by atoms with E-state index in [1.54, 1.807) is 31.2 Å². The fourth-order valence-corrected chi connectivity index (χ4v) is 4.07. The molecule has 152 valence electrons. The third-order valence-corrected chi connectivity index (χ3v) is 5.40. The second kappa shape index (κ2) is 9.75. The first-order chi connectivity index (χ1) is 13.2. The van der Waals surface area contributed by atoms with Crippen molar-refractivity contribution in [2.75, 3.05) is 23.7 Å². The van der Waals surface area contributed by atoms with Crippen molar-refractivity contribution < 1.29 is 22.3 Å². The lowest BCUT2D eigenvalue weighted by atomic mass is 10.2. The summed E-state index contributed by atoms with van der Waals surface area (Å²) in [5.41, 5.74) is 0.221. The summed E-state index contributed by atoms with van der Waals surface area (Å²) in [5.74, 6) is -0.471. The Hall–Kier alpha value is -2.32. The monoisotopic (exact) mass is 428 g/mol. The molecular weight excluding hydrogens is 407 g/mol. The number of amides is 1. The van der Waals surface area contributed by atoms with Crippen LogP contribution in [-0.4, -0.2) is 39.8 Å². The van der Waals surface area contributed by atoms with Gasteiger partial charge in [-0.3, -0.25) is 9.10 Å². The number of rotatable bonds is 9. The van der Waals surface area contributed by atoms with Crippen LogP contribution >= 0.6 is 11.6 Å². The Bertz CT molecular complexity index is 906. The number of hydrogen-bond acceptors (Lipinski definition) is 4. The van der Waals surface area contributed by atoms with Gasteiger partial charge in [0.15, 0.2) is 0 Å². The van der Waals surface area contributed by atoms with Gasteiger partial charge in [-0.2, -0.15) is 0 Å². The van der Waals surface area contributed by atoms with Crippen LogP contribution in [0.3, 0.4) is 0 Å². The lowest BCUT2D eigenvalue weighted by Crippen LogP contribution is -2.50. The van der Waals surface area contributed by atoms with Crippen LogP contribution in [0.2, 0.25) is 5.02 Å². The molecular formula is C19H22ClFN2O4S. The van der Waals surface area contributed by atoms with Gasteiger partial charge < -0.3 is 10.1 Å². The number of nitrogens with zero attached hydrogens (tertiary/aromatic N) is 1. The van der Waals surface area contributed by atoms with E-state index in [1.807, 2.05) is 0 Å². The maximum Gasteiger partial charge on any atom is 0.244 e. The number of para-hydroxylation sites is 1. The molecule has 1 atom stereocenters. The van der Waals surface area contributed by atoms with Crippen molar-refractivity contribution in [1.29, 1.82) is 0 Å². The molecule has 0 aromatic heterocycles. The minimum absolute atomic E-state index is 0.168. The summed E-state index contributed by atoms with van der Waals surface area (Å²) in [6.45, 7) is 2.04. The topological polar surface area (TPSA) is 75.7 Å². The van der Waals surface area contributed by atoms with E-state index in [0.29, 0.717) is 10.8 Å². The van der Waals surface area contributed by atoms with E-state index in [0.717, 1.165) is 22.7 Å². The predicted octanol–water partition coefficient (Wildman–Crippen LogP) is 3.22. The van der Waals surface area contributed by atoms with Crippen LogP contribution in [-0.2, 0) is 14.8 Å². The molecule has 2 rings (SSSR count). The van der Waals surface area contributed by atoms with Crippen molar-refractivity contribution in [1.82, 2.24) is 5.32 Å². The first kappa shape index (κ1) is 22.0. The Morgan fingerprint density at radius 3 is 2.43 bits per heavy atom. The second-order valence-electron chi connectivity index (χ2n) is 6.03. The minimum atomic E-state index is -3.76. The third-order valence-electron chi connectivity index (χ3n) is 3.91. The molecule has 2 aromatic carbocycles. The SMILES string of the molecule is CC[C@@H](C(=O)NCCOc1ccccc1Cl)N(c1ccc(F)cc1)S(C)(=O)=O. The maximum absolute atomic E-state index is 13.2. The van der Waals surface area contributed by atoms with Gasteiger partial charge in [0.25, 0.3) is 0 Å². The fraction of sp³-hybridized carbons (Fsp3) is 0.316. The van der Waals surface area contributed by atoms with Crippen LogP contribution in [0.15, 0.2) is 48.5 Å². The zero-order valence-corrected chi connectivity index (χ0v) is 17.1. The summed E-state index contributed by atoms with van der Waals surface area (Å²) in [6, 6.07) is 10.9. The average Bonchev–Trinajstić information content (AvgIpc) is 2.64. The normalized spacial score (nSPS) is 12.3. The molecule has 0 saturated heterocycles. The summed E-state index contributed by atoms with van der Waals surface area (Å²) < 4.78 is 44.3. The van der Waals surface area contributed by atoms with Gasteiger partial charge in [0.2, 0.25) is 15.9 Å². The van der Waals surface area contributed by atoms with E-state index in [-0.39, 0.29) is 25.3 Å². The van der Waals surface area contributed by atoms with Gasteiger partial charge in [0, 0.05) is 0 Å². The van der Waals surface area contributed by atoms with Crippen LogP contribution in [0, 0.1) is 5.82 Å². The standard InChI is InChI=1S/C19H22ClFN2O4S/c1-3-17(23(28(2,25)26)15-10-8-14(21)9-11-15)19(24)22-12-13-27-18-7-5-4-6-16(18)20/h4-11,17H,3,12-13H2,1-2H3,(H,22,24)/t17-/m0/s1. The number of carbonyl (C=O) groups excluding carboxylic acids is 1. The van der Waals surface area contributed by atoms with Crippen molar-refractivity contribution in [2.45, 2.75) is 19.4 Å². The van der Waals surface area contributed by atoms with Crippen molar-refractivity contribution in [2.24, 2.45) is 0 Å². The molecule has 0 fully saturated rings. The Balaban J connectivity index is 2.05. The maximum atomic E-state index is 13.2. The second-order valence-corrected chi connectivity index (χ2v) is 8.30. The molecule has 9 heteroatoms. The summed E-state index contributed by atoms with van der Waals surface area (Å²) in [5, 5.41) is 3.13. The summed E-state index contributed by atoms with van der Waals surface area (Å²) >= 11 is 6.00. The van der Waals surface area contributed by atoms with E-state index in [1.165, 1.54) is 12.1 Å². The lowest BCUT2D eigenvalue weighted by molar-refractivity contribution is -0.122. The van der Waals surface area contributed by atoms with Crippen LogP contribution in [0.25, 0.3) is 0 Å². The number of carbonyl (C=O) groups is 1. The highest BCUT2D eigenvalue weighted by Crippen LogP contribution is 2.24. The molecule has 1 amide bonds. The van der Waals surface area contributed by atoms with E-state index in [4.69, 9.17) is 16.3 Å². The van der Waals surface area contributed by atoms with Gasteiger partial charge in [0.1, 0.15) is 24.2 Å². The Morgan fingerprint density at radius 2 is 1.86 bits per heavy atom. The number of ether oxygens (including phenoxy) is 1. The van der Waals surface area contributed by atoms with Gasteiger partial charge >= 0.3 is 0 Å². The fourth-order valence-electron chi connectivity index (χ4n) is 2.66. The highest BCUT2D eigenvalue weighted by Gasteiger charge is 2.31. The van der Waals surface area contributed by atoms with Crippen molar-refractivity contribution in [3.05, 3.63) is 59.4 Å². The van der Waals surface area contributed by atoms with Crippen LogP contribution in [0.4, 0.5) is 10.1 Å². The predicted molar refractivity (Wildman–Crippen MR) is 108 cm³/mol. The Morgan fingerprint density at radius 1 is 1.21 bits per heavy atom. The Labute approximate surface area is 169 Å². The van der Waals surface area contributed by atoms with E-state index >= 15 is 0 Å². The van der Waals surface area contributed by atoms with E-state index < -0.39 is 27.8 Å². The molecule has 1 N–H and O–H groups in total. The molecule has 28 heavy (non-hydrogen) atoms. The van der Waals surface area contributed by atoms with E-state index in [9.17, 15) is 17.6 Å². The average molecular weight is 429 g/mol. The van der Waals surface area contributed by atoms with Gasteiger partial charge in [-0.15, -0.1) is 0 Å². The lowest BCUT2D eigenvalue weighted by Gasteiger charge is -2.30. The van der Waals surface area contributed by atoms with Gasteiger partial charge in [-0.1, -0.05) is 30.7 Å². The number of anilines is 1. The van der Waals surface area contributed by atoms with Gasteiger partial charge in [-0.25, -0.2) is 12.8 Å². The molecule has 0 unspecified atom stereocenters. The molecule has 0 spiro atoms. The smallest absolute Gasteiger partial charge is 0.244 e. The van der Waals surface area contributed by atoms with Crippen LogP contribution < -0.4 is 14.4 Å². The summed E-state index contributed by atoms with van der Waals surface area (Å²) in [6.07, 6.45) is 1.24. The van der Waals surface area contributed by atoms with Gasteiger partial charge in [-0.05, 0) is 42.8 Å². The quantitative estimate of drug-likeness (QED) is 0.622. The van der Waals surface area contributed by atoms with Crippen LogP contribution in [0.5, 0.6) is 5.75 Å². The third kappa shape index (κ3) is 5.84. The molecule has 0 saturated carbocycles. The number of benzene rings is 2. The number of nitrogens with one attached hydrogen (secondary N) is 1. The molecule has 0 aliphatic rings. The summed E-state index contributed by atoms with van der Waals surface area (Å²) in [4.78, 5) is 12.6. The van der Waals surface area contributed by atoms with Crippen molar-refractivity contribution in [3.8, 4) is 5.75 Å². The number of hydrogen-bond donors (Lipinski definition) is 1. The number of sulfonamides is 1.